The number of alkyl halides is 2. The zero-order valence-corrected chi connectivity index (χ0v) is 16.1. The molecule has 0 aliphatic carbocycles. The molecule has 9 heteroatoms. The van der Waals surface area contributed by atoms with Gasteiger partial charge in [0, 0.05) is 19.6 Å². The molecule has 0 unspecified atom stereocenters. The van der Waals surface area contributed by atoms with Crippen molar-refractivity contribution in [1.82, 2.24) is 16.0 Å². The molecule has 0 atom stereocenters. The number of nitrogens with zero attached hydrogens (tertiary/aromatic N) is 1. The van der Waals surface area contributed by atoms with E-state index in [-0.39, 0.29) is 12.3 Å². The Kier molecular flexibility index (Phi) is 9.32. The topological polar surface area (TPSA) is 84.0 Å². The highest BCUT2D eigenvalue weighted by Crippen LogP contribution is 2.16. The number of rotatable bonds is 8. The van der Waals surface area contributed by atoms with Crippen LogP contribution in [0.1, 0.15) is 33.3 Å². The quantitative estimate of drug-likeness (QED) is 0.364. The number of amides is 1. The van der Waals surface area contributed by atoms with Crippen molar-refractivity contribution in [2.75, 3.05) is 19.6 Å². The number of ether oxygens (including phenoxy) is 2. The summed E-state index contributed by atoms with van der Waals surface area (Å²) >= 11 is 0. The molecule has 3 N–H and O–H groups in total. The molecule has 0 saturated carbocycles. The van der Waals surface area contributed by atoms with Crippen LogP contribution in [-0.2, 0) is 11.3 Å². The number of benzene rings is 1. The molecule has 7 nitrogen and oxygen atoms in total. The minimum Gasteiger partial charge on any atom is -0.444 e. The van der Waals surface area contributed by atoms with Crippen molar-refractivity contribution >= 4 is 12.1 Å². The fourth-order valence-electron chi connectivity index (χ4n) is 1.99. The Balaban J connectivity index is 2.49. The highest BCUT2D eigenvalue weighted by atomic mass is 19.3. The fourth-order valence-corrected chi connectivity index (χ4v) is 1.99. The Morgan fingerprint density at radius 1 is 1.19 bits per heavy atom. The Bertz CT molecular complexity index is 619. The van der Waals surface area contributed by atoms with Crippen LogP contribution in [0.25, 0.3) is 0 Å². The van der Waals surface area contributed by atoms with Crippen LogP contribution < -0.4 is 20.7 Å². The summed E-state index contributed by atoms with van der Waals surface area (Å²) < 4.78 is 34.1. The minimum atomic E-state index is -2.86. The Morgan fingerprint density at radius 3 is 2.52 bits per heavy atom. The highest BCUT2D eigenvalue weighted by Gasteiger charge is 2.15. The van der Waals surface area contributed by atoms with Crippen molar-refractivity contribution in [1.29, 1.82) is 0 Å². The van der Waals surface area contributed by atoms with Crippen LogP contribution in [0.3, 0.4) is 0 Å². The van der Waals surface area contributed by atoms with Gasteiger partial charge in [0.2, 0.25) is 0 Å². The van der Waals surface area contributed by atoms with E-state index in [1.165, 1.54) is 12.1 Å². The van der Waals surface area contributed by atoms with Gasteiger partial charge >= 0.3 is 12.7 Å². The number of hydrogen-bond acceptors (Lipinski definition) is 4. The zero-order chi connectivity index (χ0) is 20.3. The van der Waals surface area contributed by atoms with Gasteiger partial charge in [-0.2, -0.15) is 8.78 Å². The number of guanidine groups is 1. The molecule has 152 valence electrons. The summed E-state index contributed by atoms with van der Waals surface area (Å²) in [6.45, 7) is 6.19. The predicted octanol–water partition coefficient (Wildman–Crippen LogP) is 2.87. The van der Waals surface area contributed by atoms with Gasteiger partial charge in [0.1, 0.15) is 11.4 Å². The number of nitrogens with one attached hydrogen (secondary N) is 3. The zero-order valence-electron chi connectivity index (χ0n) is 16.1. The van der Waals surface area contributed by atoms with Crippen molar-refractivity contribution in [3.63, 3.8) is 0 Å². The molecule has 0 aliphatic rings. The number of halogens is 2. The third kappa shape index (κ3) is 10.9. The van der Waals surface area contributed by atoms with Gasteiger partial charge in [-0.3, -0.25) is 0 Å². The largest absolute Gasteiger partial charge is 0.444 e. The van der Waals surface area contributed by atoms with E-state index in [0.717, 1.165) is 5.56 Å². The second kappa shape index (κ2) is 11.2. The van der Waals surface area contributed by atoms with Crippen molar-refractivity contribution in [3.8, 4) is 5.75 Å². The minimum absolute atomic E-state index is 0.0946. The van der Waals surface area contributed by atoms with Crippen molar-refractivity contribution < 1.29 is 23.0 Å². The Labute approximate surface area is 158 Å². The third-order valence-electron chi connectivity index (χ3n) is 2.97. The molecule has 1 aromatic rings. The first-order chi connectivity index (χ1) is 12.7. The van der Waals surface area contributed by atoms with E-state index < -0.39 is 18.3 Å². The van der Waals surface area contributed by atoms with Crippen LogP contribution in [0.4, 0.5) is 13.6 Å². The average molecular weight is 386 g/mol. The molecule has 0 bridgehead atoms. The van der Waals surface area contributed by atoms with Crippen LogP contribution in [0, 0.1) is 0 Å². The lowest BCUT2D eigenvalue weighted by Gasteiger charge is -2.19. The van der Waals surface area contributed by atoms with Crippen molar-refractivity contribution in [2.45, 2.75) is 46.5 Å². The first-order valence-electron chi connectivity index (χ1n) is 8.72. The maximum absolute atomic E-state index is 12.3. The molecule has 0 radical (unpaired) electrons. The molecule has 1 aromatic carbocycles. The van der Waals surface area contributed by atoms with Gasteiger partial charge in [0.25, 0.3) is 0 Å². The number of aliphatic imine (C=N–C) groups is 1. The van der Waals surface area contributed by atoms with E-state index >= 15 is 0 Å². The summed E-state index contributed by atoms with van der Waals surface area (Å²) in [7, 11) is 0. The molecular weight excluding hydrogens is 358 g/mol. The van der Waals surface area contributed by atoms with Crippen molar-refractivity contribution in [3.05, 3.63) is 29.8 Å². The third-order valence-corrected chi connectivity index (χ3v) is 2.97. The van der Waals surface area contributed by atoms with Gasteiger partial charge in [0.05, 0.1) is 6.54 Å². The number of carbonyl (C=O) groups excluding carboxylic acids is 1. The molecule has 1 amide bonds. The molecule has 0 heterocycles. The number of alkyl carbamates (subject to hydrolysis) is 1. The Morgan fingerprint density at radius 2 is 1.89 bits per heavy atom. The summed E-state index contributed by atoms with van der Waals surface area (Å²) in [5, 5.41) is 8.79. The Hall–Kier alpha value is -2.58. The molecule has 0 aromatic heterocycles. The summed E-state index contributed by atoms with van der Waals surface area (Å²) in [6, 6.07) is 6.39. The lowest BCUT2D eigenvalue weighted by molar-refractivity contribution is -0.0498. The lowest BCUT2D eigenvalue weighted by atomic mass is 10.2. The maximum Gasteiger partial charge on any atom is 0.407 e. The molecule has 27 heavy (non-hydrogen) atoms. The molecule has 0 aliphatic heterocycles. The molecular formula is C18H28F2N4O3. The summed E-state index contributed by atoms with van der Waals surface area (Å²) in [4.78, 5) is 16.0. The van der Waals surface area contributed by atoms with Crippen LogP contribution in [-0.4, -0.2) is 43.9 Å². The first-order valence-corrected chi connectivity index (χ1v) is 8.72. The van der Waals surface area contributed by atoms with E-state index in [0.29, 0.717) is 25.6 Å². The van der Waals surface area contributed by atoms with Gasteiger partial charge in [-0.05, 0) is 45.4 Å². The second-order valence-corrected chi connectivity index (χ2v) is 6.58. The van der Waals surface area contributed by atoms with E-state index in [2.05, 4.69) is 25.7 Å². The summed E-state index contributed by atoms with van der Waals surface area (Å²) in [5.41, 5.74) is 0.188. The van der Waals surface area contributed by atoms with Crippen molar-refractivity contribution in [2.24, 2.45) is 4.99 Å². The van der Waals surface area contributed by atoms with E-state index in [1.807, 2.05) is 6.92 Å². The van der Waals surface area contributed by atoms with Gasteiger partial charge < -0.3 is 25.4 Å². The molecule has 0 saturated heterocycles. The van der Waals surface area contributed by atoms with Gasteiger partial charge in [0.15, 0.2) is 5.96 Å². The van der Waals surface area contributed by atoms with Gasteiger partial charge in [-0.1, -0.05) is 12.1 Å². The van der Waals surface area contributed by atoms with Gasteiger partial charge in [-0.25, -0.2) is 9.79 Å². The SMILES string of the molecule is CCNC(=NCc1cccc(OC(F)F)c1)NCCNC(=O)OC(C)(C)C. The normalized spacial score (nSPS) is 11.9. The van der Waals surface area contributed by atoms with E-state index in [1.54, 1.807) is 32.9 Å². The summed E-state index contributed by atoms with van der Waals surface area (Å²) in [6.07, 6.45) is -0.484. The van der Waals surface area contributed by atoms with Crippen LogP contribution >= 0.6 is 0 Å². The maximum atomic E-state index is 12.3. The van der Waals surface area contributed by atoms with Crippen LogP contribution in [0.15, 0.2) is 29.3 Å². The second-order valence-electron chi connectivity index (χ2n) is 6.58. The monoisotopic (exact) mass is 386 g/mol. The van der Waals surface area contributed by atoms with Gasteiger partial charge in [-0.15, -0.1) is 0 Å². The average Bonchev–Trinajstić information content (AvgIpc) is 2.54. The van der Waals surface area contributed by atoms with E-state index in [9.17, 15) is 13.6 Å². The number of hydrogen-bond donors (Lipinski definition) is 3. The summed E-state index contributed by atoms with van der Waals surface area (Å²) in [5.74, 6) is 0.640. The first kappa shape index (κ1) is 22.5. The lowest BCUT2D eigenvalue weighted by Crippen LogP contribution is -2.42. The molecule has 0 spiro atoms. The smallest absolute Gasteiger partial charge is 0.407 e. The highest BCUT2D eigenvalue weighted by molar-refractivity contribution is 5.79. The van der Waals surface area contributed by atoms with E-state index in [4.69, 9.17) is 4.74 Å². The standard InChI is InChI=1S/C18H28F2N4O3/c1-5-21-16(22-9-10-23-17(25)27-18(2,3)4)24-12-13-7-6-8-14(11-13)26-15(19)20/h6-8,11,15H,5,9-10,12H2,1-4H3,(H,23,25)(H2,21,22,24). The molecule has 1 rings (SSSR count). The fraction of sp³-hybridized carbons (Fsp3) is 0.556. The predicted molar refractivity (Wildman–Crippen MR) is 100 cm³/mol. The molecule has 0 fully saturated rings. The van der Waals surface area contributed by atoms with Crippen LogP contribution in [0.5, 0.6) is 5.75 Å². The number of carbonyl (C=O) groups is 1. The van der Waals surface area contributed by atoms with Crippen LogP contribution in [0.2, 0.25) is 0 Å².